The van der Waals surface area contributed by atoms with Crippen LogP contribution in [0.5, 0.6) is 0 Å². The van der Waals surface area contributed by atoms with Crippen molar-refractivity contribution >= 4 is 11.9 Å². The predicted molar refractivity (Wildman–Crippen MR) is 26.5 cm³/mol. The molecule has 11 heavy (non-hydrogen) atoms. The van der Waals surface area contributed by atoms with E-state index in [1.807, 2.05) is 0 Å². The summed E-state index contributed by atoms with van der Waals surface area (Å²) in [6.07, 6.45) is 0. The molecule has 0 atom stereocenters. The minimum absolute atomic E-state index is 0. The first-order chi connectivity index (χ1) is 4.13. The van der Waals surface area contributed by atoms with Crippen LogP contribution >= 0.6 is 0 Å². The Morgan fingerprint density at radius 3 is 1.55 bits per heavy atom. The summed E-state index contributed by atoms with van der Waals surface area (Å²) in [7, 11) is 0. The van der Waals surface area contributed by atoms with Gasteiger partial charge in [0.15, 0.2) is 0 Å². The van der Waals surface area contributed by atoms with E-state index in [4.69, 9.17) is 0 Å². The van der Waals surface area contributed by atoms with Crippen molar-refractivity contribution < 1.29 is 54.8 Å². The average Bonchev–Trinajstić information content (AvgIpc) is 1.63. The quantitative estimate of drug-likeness (QED) is 0.421. The summed E-state index contributed by atoms with van der Waals surface area (Å²) >= 11 is 0. The third-order valence-corrected chi connectivity index (χ3v) is 0.539. The van der Waals surface area contributed by atoms with Gasteiger partial charge in [-0.3, -0.25) is 0 Å². The van der Waals surface area contributed by atoms with Gasteiger partial charge in [-0.05, 0) is 0 Å². The number of hydrogen-bond donors (Lipinski definition) is 1. The molecule has 0 bridgehead atoms. The van der Waals surface area contributed by atoms with Crippen LogP contribution in [-0.4, -0.2) is 30.5 Å². The molecule has 7 heteroatoms. The molecule has 3 N–H and O–H groups in total. The Morgan fingerprint density at radius 2 is 1.36 bits per heavy atom. The molecule has 0 aliphatic rings. The number of nitrogens with one attached hydrogen (secondary N) is 1. The average molecular weight is 172 g/mol. The summed E-state index contributed by atoms with van der Waals surface area (Å²) < 4.78 is 0. The molecule has 0 spiro atoms. The zero-order valence-corrected chi connectivity index (χ0v) is 8.05. The Hall–Kier alpha value is -0.140. The van der Waals surface area contributed by atoms with Gasteiger partial charge in [0.05, 0.1) is 11.9 Å². The van der Waals surface area contributed by atoms with Gasteiger partial charge in [-0.1, -0.05) is 0 Å². The Labute approximate surface area is 85.2 Å². The predicted octanol–water partition coefficient (Wildman–Crippen LogP) is -7.74. The Morgan fingerprint density at radius 1 is 1.09 bits per heavy atom. The zero-order valence-electron chi connectivity index (χ0n) is 6.05. The van der Waals surface area contributed by atoms with Crippen LogP contribution in [0.15, 0.2) is 0 Å². The molecular formula is C4H7NNaO5-. The van der Waals surface area contributed by atoms with Gasteiger partial charge in [-0.25, -0.2) is 0 Å². The maximum absolute atomic E-state index is 9.59. The van der Waals surface area contributed by atoms with E-state index in [9.17, 15) is 19.8 Å². The van der Waals surface area contributed by atoms with E-state index in [1.165, 1.54) is 0 Å². The fourth-order valence-corrected chi connectivity index (χ4v) is 0.267. The summed E-state index contributed by atoms with van der Waals surface area (Å²) in [5.41, 5.74) is 0. The molecular weight excluding hydrogens is 165 g/mol. The Kier molecular flexibility index (Phi) is 15.3. The minimum atomic E-state index is -1.34. The van der Waals surface area contributed by atoms with Gasteiger partial charge in [0.25, 0.3) is 0 Å². The largest absolute Gasteiger partial charge is 1.00 e. The third kappa shape index (κ3) is 17.7. The number of carbonyl (C=O) groups is 2. The van der Waals surface area contributed by atoms with Crippen molar-refractivity contribution in [3.8, 4) is 0 Å². The van der Waals surface area contributed by atoms with E-state index in [0.29, 0.717) is 0 Å². The van der Waals surface area contributed by atoms with Crippen molar-refractivity contribution in [2.45, 2.75) is 0 Å². The van der Waals surface area contributed by atoms with Crippen LogP contribution in [0.2, 0.25) is 0 Å². The molecule has 0 fully saturated rings. The molecule has 0 aromatic rings. The molecule has 0 aromatic heterocycles. The number of hydrogen-bond acceptors (Lipinski definition) is 5. The van der Waals surface area contributed by atoms with Gasteiger partial charge < -0.3 is 30.6 Å². The van der Waals surface area contributed by atoms with Gasteiger partial charge in [0, 0.05) is 13.1 Å². The third-order valence-electron chi connectivity index (χ3n) is 0.539. The summed E-state index contributed by atoms with van der Waals surface area (Å²) in [6, 6.07) is 0. The number of carboxylic acid groups (broad SMARTS) is 2. The molecule has 0 heterocycles. The molecule has 6 nitrogen and oxygen atoms in total. The van der Waals surface area contributed by atoms with Crippen LogP contribution in [0.3, 0.4) is 0 Å². The second-order valence-corrected chi connectivity index (χ2v) is 1.35. The molecule has 0 saturated heterocycles. The molecule has 0 unspecified atom stereocenters. The molecule has 0 amide bonds. The molecule has 0 saturated carbocycles. The summed E-state index contributed by atoms with van der Waals surface area (Å²) in [5.74, 6) is -2.67. The van der Waals surface area contributed by atoms with E-state index < -0.39 is 25.0 Å². The van der Waals surface area contributed by atoms with Crippen molar-refractivity contribution in [3.63, 3.8) is 0 Å². The fraction of sp³-hybridized carbons (Fsp3) is 0.500. The van der Waals surface area contributed by atoms with Gasteiger partial charge in [0.2, 0.25) is 0 Å². The first-order valence-corrected chi connectivity index (χ1v) is 2.23. The first-order valence-electron chi connectivity index (χ1n) is 2.23. The van der Waals surface area contributed by atoms with E-state index in [2.05, 4.69) is 5.32 Å². The van der Waals surface area contributed by atoms with Crippen molar-refractivity contribution in [2.24, 2.45) is 0 Å². The van der Waals surface area contributed by atoms with Gasteiger partial charge >= 0.3 is 29.6 Å². The number of carbonyl (C=O) groups excluding carboxylic acids is 2. The summed E-state index contributed by atoms with van der Waals surface area (Å²) in [6.45, 7) is -0.929. The summed E-state index contributed by atoms with van der Waals surface area (Å²) in [4.78, 5) is 19.2. The number of aliphatic carboxylic acids is 2. The monoisotopic (exact) mass is 172 g/mol. The van der Waals surface area contributed by atoms with Crippen molar-refractivity contribution in [1.29, 1.82) is 0 Å². The standard InChI is InChI=1S/C4H7NO4.Na.H2O/c6-3(7)1-5-2-4(8)9;;/h5H,1-2H2,(H,6,7)(H,8,9);;1H2/q;+1;/p-2. The maximum atomic E-state index is 9.59. The van der Waals surface area contributed by atoms with Crippen LogP contribution < -0.4 is 45.1 Å². The molecule has 0 rings (SSSR count). The van der Waals surface area contributed by atoms with Crippen LogP contribution in [0.4, 0.5) is 0 Å². The van der Waals surface area contributed by atoms with Crippen molar-refractivity contribution in [2.75, 3.05) is 13.1 Å². The number of rotatable bonds is 4. The Bertz CT molecular complexity index is 114. The topological polar surface area (TPSA) is 124 Å². The van der Waals surface area contributed by atoms with E-state index in [0.717, 1.165) is 0 Å². The van der Waals surface area contributed by atoms with Crippen molar-refractivity contribution in [1.82, 2.24) is 5.32 Å². The fourth-order valence-electron chi connectivity index (χ4n) is 0.267. The van der Waals surface area contributed by atoms with Gasteiger partial charge in [-0.2, -0.15) is 0 Å². The zero-order chi connectivity index (χ0) is 7.28. The van der Waals surface area contributed by atoms with Gasteiger partial charge in [-0.15, -0.1) is 0 Å². The molecule has 0 aliphatic carbocycles. The number of carboxylic acids is 2. The smallest absolute Gasteiger partial charge is 0.549 e. The maximum Gasteiger partial charge on any atom is 1.00 e. The second kappa shape index (κ2) is 9.86. The molecule has 0 aromatic carbocycles. The molecule has 60 valence electrons. The second-order valence-electron chi connectivity index (χ2n) is 1.35. The van der Waals surface area contributed by atoms with E-state index in [-0.39, 0.29) is 35.0 Å². The molecule has 0 aliphatic heterocycles. The minimum Gasteiger partial charge on any atom is -0.549 e. The summed E-state index contributed by atoms with van der Waals surface area (Å²) in [5, 5.41) is 21.2. The van der Waals surface area contributed by atoms with Crippen LogP contribution in [-0.2, 0) is 9.59 Å². The van der Waals surface area contributed by atoms with Crippen LogP contribution in [0.1, 0.15) is 0 Å². The van der Waals surface area contributed by atoms with Crippen LogP contribution in [0, 0.1) is 0 Å². The van der Waals surface area contributed by atoms with Crippen LogP contribution in [0.25, 0.3) is 0 Å². The van der Waals surface area contributed by atoms with Crippen molar-refractivity contribution in [3.05, 3.63) is 0 Å². The first kappa shape index (κ1) is 17.1. The van der Waals surface area contributed by atoms with E-state index in [1.54, 1.807) is 0 Å². The van der Waals surface area contributed by atoms with Gasteiger partial charge in [0.1, 0.15) is 0 Å². The Balaban J connectivity index is -0.000000320. The molecule has 0 radical (unpaired) electrons. The SMILES string of the molecule is O.O=C([O-])CNCC(=O)[O-].[Na+]. The normalized spacial score (nSPS) is 7.27. The van der Waals surface area contributed by atoms with E-state index >= 15 is 0 Å².